The van der Waals surface area contributed by atoms with E-state index in [0.29, 0.717) is 19.6 Å². The van der Waals surface area contributed by atoms with E-state index in [0.717, 1.165) is 12.0 Å². The first kappa shape index (κ1) is 12.5. The molecule has 17 heavy (non-hydrogen) atoms. The predicted molar refractivity (Wildman–Crippen MR) is 67.8 cm³/mol. The molecule has 1 aromatic carbocycles. The van der Waals surface area contributed by atoms with E-state index < -0.39 is 10.2 Å². The minimum Gasteiger partial charge on any atom is -0.195 e. The van der Waals surface area contributed by atoms with Crippen LogP contribution in [0, 0.1) is 0 Å². The van der Waals surface area contributed by atoms with E-state index in [9.17, 15) is 8.42 Å². The maximum Gasteiger partial charge on any atom is 0.282 e. The average molecular weight is 254 g/mol. The summed E-state index contributed by atoms with van der Waals surface area (Å²) in [6.07, 6.45) is 1.00. The van der Waals surface area contributed by atoms with Crippen molar-refractivity contribution < 1.29 is 8.42 Å². The summed E-state index contributed by atoms with van der Waals surface area (Å²) in [7, 11) is -1.59. The van der Waals surface area contributed by atoms with Gasteiger partial charge in [-0.3, -0.25) is 0 Å². The number of nitrogens with zero attached hydrogens (tertiary/aromatic N) is 2. The van der Waals surface area contributed by atoms with Crippen LogP contribution in [-0.4, -0.2) is 37.2 Å². The Morgan fingerprint density at radius 1 is 1.18 bits per heavy atom. The lowest BCUT2D eigenvalue weighted by atomic mass is 10.1. The summed E-state index contributed by atoms with van der Waals surface area (Å²) in [6, 6.07) is 8.08. The molecule has 0 unspecified atom stereocenters. The Labute approximate surface area is 103 Å². The number of hydrogen-bond acceptors (Lipinski definition) is 2. The van der Waals surface area contributed by atoms with Crippen molar-refractivity contribution in [1.82, 2.24) is 8.61 Å². The van der Waals surface area contributed by atoms with Gasteiger partial charge < -0.3 is 0 Å². The standard InChI is InChI=1S/C12H18N2O2S/c1-3-11-4-6-12(7-5-11)10-13(2)17(15,16)14-8-9-14/h4-7H,3,8-10H2,1-2H3. The molecule has 5 heteroatoms. The first-order valence-electron chi connectivity index (χ1n) is 5.83. The van der Waals surface area contributed by atoms with Crippen LogP contribution >= 0.6 is 0 Å². The van der Waals surface area contributed by atoms with Crippen LogP contribution in [0.15, 0.2) is 24.3 Å². The molecular formula is C12H18N2O2S. The molecule has 4 nitrogen and oxygen atoms in total. The average Bonchev–Trinajstić information content (AvgIpc) is 3.14. The van der Waals surface area contributed by atoms with E-state index in [1.165, 1.54) is 14.2 Å². The Hall–Kier alpha value is -0.910. The van der Waals surface area contributed by atoms with E-state index >= 15 is 0 Å². The lowest BCUT2D eigenvalue weighted by molar-refractivity contribution is 0.439. The lowest BCUT2D eigenvalue weighted by Crippen LogP contribution is -2.31. The molecular weight excluding hydrogens is 236 g/mol. The summed E-state index contributed by atoms with van der Waals surface area (Å²) < 4.78 is 26.6. The summed E-state index contributed by atoms with van der Waals surface area (Å²) in [6.45, 7) is 3.84. The van der Waals surface area contributed by atoms with Crippen LogP contribution in [0.25, 0.3) is 0 Å². The van der Waals surface area contributed by atoms with E-state index in [1.54, 1.807) is 7.05 Å². The molecule has 0 aromatic heterocycles. The highest BCUT2D eigenvalue weighted by molar-refractivity contribution is 7.86. The summed E-state index contributed by atoms with van der Waals surface area (Å²) in [4.78, 5) is 0. The molecule has 0 saturated carbocycles. The quantitative estimate of drug-likeness (QED) is 0.742. The zero-order valence-corrected chi connectivity index (χ0v) is 11.1. The van der Waals surface area contributed by atoms with Gasteiger partial charge in [-0.15, -0.1) is 0 Å². The second kappa shape index (κ2) is 4.76. The van der Waals surface area contributed by atoms with Crippen molar-refractivity contribution in [2.45, 2.75) is 19.9 Å². The Morgan fingerprint density at radius 3 is 2.18 bits per heavy atom. The molecule has 1 aliphatic heterocycles. The van der Waals surface area contributed by atoms with Crippen molar-refractivity contribution in [1.29, 1.82) is 0 Å². The van der Waals surface area contributed by atoms with Crippen LogP contribution in [0.2, 0.25) is 0 Å². The van der Waals surface area contributed by atoms with Crippen molar-refractivity contribution in [2.75, 3.05) is 20.1 Å². The molecule has 0 N–H and O–H groups in total. The van der Waals surface area contributed by atoms with E-state index in [4.69, 9.17) is 0 Å². The lowest BCUT2D eigenvalue weighted by Gasteiger charge is -2.17. The van der Waals surface area contributed by atoms with Gasteiger partial charge in [0.25, 0.3) is 10.2 Å². The highest BCUT2D eigenvalue weighted by Crippen LogP contribution is 2.17. The molecule has 1 aromatic rings. The normalized spacial score (nSPS) is 16.4. The van der Waals surface area contributed by atoms with Crippen LogP contribution in [0.3, 0.4) is 0 Å². The molecule has 0 amide bonds. The largest absolute Gasteiger partial charge is 0.282 e. The maximum atomic E-state index is 11.9. The molecule has 1 heterocycles. The van der Waals surface area contributed by atoms with Gasteiger partial charge in [0.05, 0.1) is 0 Å². The van der Waals surface area contributed by atoms with Gasteiger partial charge in [-0.25, -0.2) is 0 Å². The highest BCUT2D eigenvalue weighted by atomic mass is 32.2. The van der Waals surface area contributed by atoms with Crippen molar-refractivity contribution in [3.63, 3.8) is 0 Å². The molecule has 0 radical (unpaired) electrons. The van der Waals surface area contributed by atoms with Gasteiger partial charge in [0.1, 0.15) is 0 Å². The Balaban J connectivity index is 2.04. The van der Waals surface area contributed by atoms with Crippen molar-refractivity contribution >= 4 is 10.2 Å². The molecule has 1 aliphatic rings. The molecule has 94 valence electrons. The number of hydrogen-bond donors (Lipinski definition) is 0. The maximum absolute atomic E-state index is 11.9. The summed E-state index contributed by atoms with van der Waals surface area (Å²) in [5.74, 6) is 0. The first-order valence-corrected chi connectivity index (χ1v) is 7.23. The highest BCUT2D eigenvalue weighted by Gasteiger charge is 2.34. The molecule has 0 aliphatic carbocycles. The molecule has 1 saturated heterocycles. The van der Waals surface area contributed by atoms with Gasteiger partial charge in [0, 0.05) is 26.7 Å². The van der Waals surface area contributed by atoms with E-state index in [-0.39, 0.29) is 0 Å². The minimum atomic E-state index is -3.21. The topological polar surface area (TPSA) is 40.4 Å². The van der Waals surface area contributed by atoms with Crippen LogP contribution in [0.1, 0.15) is 18.1 Å². The van der Waals surface area contributed by atoms with Gasteiger partial charge in [0.2, 0.25) is 0 Å². The summed E-state index contributed by atoms with van der Waals surface area (Å²) >= 11 is 0. The van der Waals surface area contributed by atoms with Gasteiger partial charge >= 0.3 is 0 Å². The second-order valence-corrected chi connectivity index (χ2v) is 6.37. The monoisotopic (exact) mass is 254 g/mol. The third-order valence-corrected chi connectivity index (χ3v) is 4.90. The number of rotatable bonds is 5. The van der Waals surface area contributed by atoms with Crippen LogP contribution in [-0.2, 0) is 23.2 Å². The summed E-state index contributed by atoms with van der Waals surface area (Å²) in [5, 5.41) is 0. The molecule has 2 rings (SSSR count). The SMILES string of the molecule is CCc1ccc(CN(C)S(=O)(=O)N2CC2)cc1. The fraction of sp³-hybridized carbons (Fsp3) is 0.500. The first-order chi connectivity index (χ1) is 8.04. The third kappa shape index (κ3) is 2.86. The Morgan fingerprint density at radius 2 is 1.71 bits per heavy atom. The Kier molecular flexibility index (Phi) is 3.51. The van der Waals surface area contributed by atoms with Gasteiger partial charge in [0.15, 0.2) is 0 Å². The second-order valence-electron chi connectivity index (χ2n) is 4.33. The number of benzene rings is 1. The van der Waals surface area contributed by atoms with Crippen molar-refractivity contribution in [3.8, 4) is 0 Å². The summed E-state index contributed by atoms with van der Waals surface area (Å²) in [5.41, 5.74) is 2.29. The van der Waals surface area contributed by atoms with Crippen LogP contribution in [0.4, 0.5) is 0 Å². The van der Waals surface area contributed by atoms with E-state index in [2.05, 4.69) is 6.92 Å². The molecule has 0 bridgehead atoms. The smallest absolute Gasteiger partial charge is 0.195 e. The Bertz CT molecular complexity index is 478. The third-order valence-electron chi connectivity index (χ3n) is 2.96. The van der Waals surface area contributed by atoms with Gasteiger partial charge in [-0.2, -0.15) is 17.0 Å². The number of aryl methyl sites for hydroxylation is 1. The van der Waals surface area contributed by atoms with Crippen LogP contribution < -0.4 is 0 Å². The van der Waals surface area contributed by atoms with Crippen LogP contribution in [0.5, 0.6) is 0 Å². The van der Waals surface area contributed by atoms with Crippen molar-refractivity contribution in [2.24, 2.45) is 0 Å². The van der Waals surface area contributed by atoms with E-state index in [1.807, 2.05) is 24.3 Å². The molecule has 0 spiro atoms. The zero-order valence-electron chi connectivity index (χ0n) is 10.3. The zero-order chi connectivity index (χ0) is 12.5. The van der Waals surface area contributed by atoms with Gasteiger partial charge in [-0.1, -0.05) is 31.2 Å². The fourth-order valence-corrected chi connectivity index (χ4v) is 2.94. The molecule has 1 fully saturated rings. The van der Waals surface area contributed by atoms with Crippen molar-refractivity contribution in [3.05, 3.63) is 35.4 Å². The fourth-order valence-electron chi connectivity index (χ4n) is 1.69. The molecule has 0 atom stereocenters. The minimum absolute atomic E-state index is 0.433. The predicted octanol–water partition coefficient (Wildman–Crippen LogP) is 1.24. The van der Waals surface area contributed by atoms with Gasteiger partial charge in [-0.05, 0) is 17.5 Å².